The van der Waals surface area contributed by atoms with Crippen LogP contribution in [0.1, 0.15) is 57.6 Å². The highest BCUT2D eigenvalue weighted by Gasteiger charge is 2.36. The zero-order valence-corrected chi connectivity index (χ0v) is 16.6. The summed E-state index contributed by atoms with van der Waals surface area (Å²) >= 11 is 0. The van der Waals surface area contributed by atoms with Crippen LogP contribution in [0.5, 0.6) is 5.75 Å². The van der Waals surface area contributed by atoms with Crippen LogP contribution in [0.25, 0.3) is 6.08 Å². The molecule has 26 heavy (non-hydrogen) atoms. The van der Waals surface area contributed by atoms with E-state index >= 15 is 0 Å². The number of nitriles is 1. The van der Waals surface area contributed by atoms with Crippen molar-refractivity contribution in [1.29, 1.82) is 5.26 Å². The number of benzene rings is 1. The molecule has 0 aromatic heterocycles. The Kier molecular flexibility index (Phi) is 5.97. The zero-order valence-electron chi connectivity index (χ0n) is 16.6. The fourth-order valence-electron chi connectivity index (χ4n) is 3.90. The SMILES string of the molecule is CCCN1c2cc(OC)c(/C=C(\C#N)C(=O)NC)cc2C(C)CC1(C)C. The van der Waals surface area contributed by atoms with Gasteiger partial charge < -0.3 is 15.0 Å². The smallest absolute Gasteiger partial charge is 0.261 e. The van der Waals surface area contributed by atoms with E-state index in [0.717, 1.165) is 24.9 Å². The van der Waals surface area contributed by atoms with Crippen LogP contribution in [0.4, 0.5) is 5.69 Å². The first kappa shape index (κ1) is 19.8. The molecule has 140 valence electrons. The quantitative estimate of drug-likeness (QED) is 0.643. The van der Waals surface area contributed by atoms with Crippen molar-refractivity contribution in [3.05, 3.63) is 28.8 Å². The lowest BCUT2D eigenvalue weighted by atomic mass is 9.79. The maximum Gasteiger partial charge on any atom is 0.261 e. The van der Waals surface area contributed by atoms with E-state index in [1.165, 1.54) is 18.3 Å². The molecule has 1 N–H and O–H groups in total. The molecule has 0 fully saturated rings. The van der Waals surface area contributed by atoms with Crippen LogP contribution in [0.2, 0.25) is 0 Å². The van der Waals surface area contributed by atoms with Gasteiger partial charge in [-0.3, -0.25) is 4.79 Å². The van der Waals surface area contributed by atoms with Crippen LogP contribution in [-0.4, -0.2) is 32.1 Å². The van der Waals surface area contributed by atoms with E-state index in [-0.39, 0.29) is 11.1 Å². The van der Waals surface area contributed by atoms with Gasteiger partial charge >= 0.3 is 0 Å². The lowest BCUT2D eigenvalue weighted by Crippen LogP contribution is -2.48. The van der Waals surface area contributed by atoms with Gasteiger partial charge in [-0.2, -0.15) is 5.26 Å². The van der Waals surface area contributed by atoms with Crippen molar-refractivity contribution in [1.82, 2.24) is 5.32 Å². The number of hydrogen-bond acceptors (Lipinski definition) is 4. The highest BCUT2D eigenvalue weighted by molar-refractivity contribution is 6.02. The molecular formula is C21H29N3O2. The lowest BCUT2D eigenvalue weighted by molar-refractivity contribution is -0.116. The van der Waals surface area contributed by atoms with Gasteiger partial charge in [0.05, 0.1) is 7.11 Å². The van der Waals surface area contributed by atoms with Crippen molar-refractivity contribution in [3.8, 4) is 11.8 Å². The van der Waals surface area contributed by atoms with Crippen molar-refractivity contribution in [2.75, 3.05) is 25.6 Å². The number of carbonyl (C=O) groups is 1. The van der Waals surface area contributed by atoms with Crippen LogP contribution in [0.3, 0.4) is 0 Å². The number of rotatable bonds is 5. The molecule has 1 aliphatic heterocycles. The first-order chi connectivity index (χ1) is 12.3. The molecule has 1 aromatic carbocycles. The molecule has 0 radical (unpaired) electrons. The standard InChI is InChI=1S/C21H29N3O2/c1-7-8-24-18-11-19(26-6)15(9-16(13-22)20(25)23-5)10-17(18)14(2)12-21(24,3)4/h9-11,14H,7-8,12H2,1-6H3,(H,23,25)/b16-9+. The maximum absolute atomic E-state index is 11.9. The normalized spacial score (nSPS) is 18.7. The van der Waals surface area contributed by atoms with Gasteiger partial charge in [0.1, 0.15) is 17.4 Å². The highest BCUT2D eigenvalue weighted by Crippen LogP contribution is 2.46. The molecule has 1 aliphatic rings. The summed E-state index contributed by atoms with van der Waals surface area (Å²) in [4.78, 5) is 14.3. The van der Waals surface area contributed by atoms with Crippen LogP contribution >= 0.6 is 0 Å². The highest BCUT2D eigenvalue weighted by atomic mass is 16.5. The Labute approximate surface area is 156 Å². The molecule has 5 nitrogen and oxygen atoms in total. The zero-order chi connectivity index (χ0) is 19.5. The number of hydrogen-bond donors (Lipinski definition) is 1. The molecular weight excluding hydrogens is 326 g/mol. The Hall–Kier alpha value is -2.48. The maximum atomic E-state index is 11.9. The van der Waals surface area contributed by atoms with Crippen molar-refractivity contribution < 1.29 is 9.53 Å². The Balaban J connectivity index is 2.64. The molecule has 1 atom stereocenters. The van der Waals surface area contributed by atoms with Gasteiger partial charge in [-0.05, 0) is 50.3 Å². The van der Waals surface area contributed by atoms with E-state index in [9.17, 15) is 10.1 Å². The molecule has 0 aliphatic carbocycles. The molecule has 0 saturated heterocycles. The first-order valence-electron chi connectivity index (χ1n) is 9.12. The Morgan fingerprint density at radius 3 is 2.73 bits per heavy atom. The molecule has 1 aromatic rings. The number of nitrogens with one attached hydrogen (secondary N) is 1. The first-order valence-corrected chi connectivity index (χ1v) is 9.12. The minimum absolute atomic E-state index is 0.0694. The van der Waals surface area contributed by atoms with E-state index in [1.54, 1.807) is 13.2 Å². The Morgan fingerprint density at radius 1 is 1.50 bits per heavy atom. The summed E-state index contributed by atoms with van der Waals surface area (Å²) in [5.41, 5.74) is 3.32. The van der Waals surface area contributed by atoms with Gasteiger partial charge in [0.25, 0.3) is 5.91 Å². The molecule has 0 saturated carbocycles. The van der Waals surface area contributed by atoms with Gasteiger partial charge in [0, 0.05) is 36.4 Å². The summed E-state index contributed by atoms with van der Waals surface area (Å²) in [5, 5.41) is 11.8. The topological polar surface area (TPSA) is 65.4 Å². The average molecular weight is 355 g/mol. The molecule has 0 spiro atoms. The van der Waals surface area contributed by atoms with Crippen molar-refractivity contribution in [2.24, 2.45) is 0 Å². The summed E-state index contributed by atoms with van der Waals surface area (Å²) in [7, 11) is 3.14. The number of likely N-dealkylation sites (N-methyl/N-ethyl adjacent to an activating group) is 1. The van der Waals surface area contributed by atoms with Gasteiger partial charge in [0.2, 0.25) is 0 Å². The predicted molar refractivity (Wildman–Crippen MR) is 105 cm³/mol. The van der Waals surface area contributed by atoms with Gasteiger partial charge in [0.15, 0.2) is 0 Å². The van der Waals surface area contributed by atoms with E-state index in [1.807, 2.05) is 12.1 Å². The van der Waals surface area contributed by atoms with Crippen LogP contribution in [-0.2, 0) is 4.79 Å². The van der Waals surface area contributed by atoms with E-state index in [4.69, 9.17) is 4.74 Å². The third kappa shape index (κ3) is 3.70. The number of fused-ring (bicyclic) bond motifs is 1. The lowest BCUT2D eigenvalue weighted by Gasteiger charge is -2.47. The number of ether oxygens (including phenoxy) is 1. The Morgan fingerprint density at radius 2 is 2.19 bits per heavy atom. The number of amides is 1. The molecule has 2 rings (SSSR count). The Bertz CT molecular complexity index is 759. The fourth-order valence-corrected chi connectivity index (χ4v) is 3.90. The number of methoxy groups -OCH3 is 1. The van der Waals surface area contributed by atoms with Crippen LogP contribution in [0, 0.1) is 11.3 Å². The molecule has 1 amide bonds. The summed E-state index contributed by atoms with van der Waals surface area (Å²) in [6.07, 6.45) is 3.72. The monoisotopic (exact) mass is 355 g/mol. The second-order valence-corrected chi connectivity index (χ2v) is 7.47. The summed E-state index contributed by atoms with van der Waals surface area (Å²) in [5.74, 6) is 0.664. The van der Waals surface area contributed by atoms with Crippen LogP contribution in [0.15, 0.2) is 17.7 Å². The number of nitrogens with zero attached hydrogens (tertiary/aromatic N) is 2. The summed E-state index contributed by atoms with van der Waals surface area (Å²) in [6, 6.07) is 6.08. The van der Waals surface area contributed by atoms with Gasteiger partial charge in [-0.1, -0.05) is 13.8 Å². The van der Waals surface area contributed by atoms with E-state index < -0.39 is 5.91 Å². The van der Waals surface area contributed by atoms with Gasteiger partial charge in [-0.15, -0.1) is 0 Å². The minimum Gasteiger partial charge on any atom is -0.496 e. The van der Waals surface area contributed by atoms with E-state index in [2.05, 4.69) is 44.0 Å². The van der Waals surface area contributed by atoms with Crippen molar-refractivity contribution >= 4 is 17.7 Å². The second kappa shape index (κ2) is 7.82. The largest absolute Gasteiger partial charge is 0.496 e. The van der Waals surface area contributed by atoms with Crippen molar-refractivity contribution in [2.45, 2.75) is 52.0 Å². The van der Waals surface area contributed by atoms with E-state index in [0.29, 0.717) is 11.7 Å². The number of carbonyl (C=O) groups excluding carboxylic acids is 1. The van der Waals surface area contributed by atoms with Gasteiger partial charge in [-0.25, -0.2) is 0 Å². The predicted octanol–water partition coefficient (Wildman–Crippen LogP) is 3.85. The fraction of sp³-hybridized carbons (Fsp3) is 0.524. The average Bonchev–Trinajstić information content (AvgIpc) is 2.61. The molecule has 1 heterocycles. The number of anilines is 1. The van der Waals surface area contributed by atoms with Crippen molar-refractivity contribution in [3.63, 3.8) is 0 Å². The third-order valence-electron chi connectivity index (χ3n) is 5.08. The molecule has 1 unspecified atom stereocenters. The van der Waals surface area contributed by atoms with Crippen LogP contribution < -0.4 is 15.0 Å². The summed E-state index contributed by atoms with van der Waals surface area (Å²) in [6.45, 7) is 9.95. The molecule has 0 bridgehead atoms. The summed E-state index contributed by atoms with van der Waals surface area (Å²) < 4.78 is 5.59. The molecule has 5 heteroatoms. The minimum atomic E-state index is -0.394. The third-order valence-corrected chi connectivity index (χ3v) is 5.08. The second-order valence-electron chi connectivity index (χ2n) is 7.47.